The molecule has 2 rings (SSSR count). The molecule has 1 heterocycles. The molecule has 3 nitrogen and oxygen atoms in total. The Bertz CT molecular complexity index is 392. The average Bonchev–Trinajstić information content (AvgIpc) is 2.47. The Labute approximate surface area is 63.1 Å². The van der Waals surface area contributed by atoms with Crippen molar-refractivity contribution in [1.29, 1.82) is 0 Å². The van der Waals surface area contributed by atoms with Crippen LogP contribution in [0, 0.1) is 0 Å². The Balaban J connectivity index is 2.86. The van der Waals surface area contributed by atoms with Crippen LogP contribution in [-0.4, -0.2) is 11.4 Å². The average molecular weight is 147 g/mol. The molecule has 2 N–H and O–H groups in total. The minimum Gasteiger partial charge on any atom is -0.355 e. The highest BCUT2D eigenvalue weighted by Gasteiger charge is 2.04. The van der Waals surface area contributed by atoms with Gasteiger partial charge in [-0.25, -0.2) is 0 Å². The van der Waals surface area contributed by atoms with Crippen LogP contribution in [0.3, 0.4) is 0 Å². The lowest BCUT2D eigenvalue weighted by Gasteiger charge is -1.81. The third-order valence-corrected chi connectivity index (χ3v) is 1.56. The first-order valence-electron chi connectivity index (χ1n) is 3.31. The summed E-state index contributed by atoms with van der Waals surface area (Å²) in [6.07, 6.45) is 1.44. The van der Waals surface area contributed by atoms with E-state index in [1.165, 1.54) is 6.21 Å². The second-order valence-electron chi connectivity index (χ2n) is 2.23. The predicted octanol–water partition coefficient (Wildman–Crippen LogP) is 0.00580. The van der Waals surface area contributed by atoms with E-state index < -0.39 is 0 Å². The summed E-state index contributed by atoms with van der Waals surface area (Å²) < 4.78 is 4.98. The molecule has 54 valence electrons. The van der Waals surface area contributed by atoms with E-state index in [1.807, 2.05) is 24.3 Å². The lowest BCUT2D eigenvalue weighted by atomic mass is 10.2. The van der Waals surface area contributed by atoms with Gasteiger partial charge in [-0.1, -0.05) is 17.3 Å². The van der Waals surface area contributed by atoms with Gasteiger partial charge in [0.1, 0.15) is 0 Å². The lowest BCUT2D eigenvalue weighted by molar-refractivity contribution is -0.104. The monoisotopic (exact) mass is 147 g/mol. The minimum atomic E-state index is 0.695. The third-order valence-electron chi connectivity index (χ3n) is 1.56. The van der Waals surface area contributed by atoms with Gasteiger partial charge in [-0.3, -0.25) is 5.41 Å². The zero-order valence-corrected chi connectivity index (χ0v) is 5.82. The first kappa shape index (κ1) is 6.09. The molecule has 2 aromatic rings. The number of aromatic nitrogens is 1. The molecule has 0 fully saturated rings. The zero-order valence-electron chi connectivity index (χ0n) is 5.82. The first-order valence-corrected chi connectivity index (χ1v) is 3.31. The standard InChI is InChI=1S/C8H6N2O/c9-5-7-6-3-1-2-4-8(6)11-10-7/h1-5,9H/p+1. The Morgan fingerprint density at radius 2 is 2.18 bits per heavy atom. The van der Waals surface area contributed by atoms with Crippen molar-refractivity contribution in [3.63, 3.8) is 0 Å². The van der Waals surface area contributed by atoms with Gasteiger partial charge in [-0.2, -0.15) is 0 Å². The van der Waals surface area contributed by atoms with Crippen LogP contribution < -0.4 is 5.41 Å². The van der Waals surface area contributed by atoms with Crippen LogP contribution in [0.1, 0.15) is 5.69 Å². The summed E-state index contributed by atoms with van der Waals surface area (Å²) in [5.74, 6) is 0. The van der Waals surface area contributed by atoms with E-state index in [0.717, 1.165) is 11.0 Å². The van der Waals surface area contributed by atoms with Gasteiger partial charge in [0.2, 0.25) is 0 Å². The highest BCUT2D eigenvalue weighted by molar-refractivity contribution is 5.93. The number of benzene rings is 1. The summed E-state index contributed by atoms with van der Waals surface area (Å²) in [5.41, 5.74) is 1.46. The fourth-order valence-electron chi connectivity index (χ4n) is 1.03. The van der Waals surface area contributed by atoms with Gasteiger partial charge < -0.3 is 4.52 Å². The van der Waals surface area contributed by atoms with Crippen molar-refractivity contribution in [2.75, 3.05) is 0 Å². The molecule has 0 amide bonds. The molecule has 11 heavy (non-hydrogen) atoms. The van der Waals surface area contributed by atoms with Gasteiger partial charge >= 0.3 is 0 Å². The normalized spacial score (nSPS) is 10.2. The van der Waals surface area contributed by atoms with Crippen LogP contribution in [0.25, 0.3) is 11.0 Å². The van der Waals surface area contributed by atoms with Gasteiger partial charge in [0.15, 0.2) is 17.5 Å². The Morgan fingerprint density at radius 3 is 3.00 bits per heavy atom. The molecule has 0 radical (unpaired) electrons. The molecule has 0 spiro atoms. The van der Waals surface area contributed by atoms with Gasteiger partial charge in [0, 0.05) is 0 Å². The SMILES string of the molecule is [NH2+]=Cc1noc2ccccc12. The Hall–Kier alpha value is -1.64. The van der Waals surface area contributed by atoms with Crippen molar-refractivity contribution in [3.8, 4) is 0 Å². The van der Waals surface area contributed by atoms with E-state index in [2.05, 4.69) is 5.16 Å². The largest absolute Gasteiger partial charge is 0.355 e. The maximum Gasteiger partial charge on any atom is 0.190 e. The summed E-state index contributed by atoms with van der Waals surface area (Å²) in [6.45, 7) is 0. The van der Waals surface area contributed by atoms with Crippen molar-refractivity contribution < 1.29 is 9.93 Å². The quantitative estimate of drug-likeness (QED) is 0.577. The maximum atomic E-state index is 5.31. The van der Waals surface area contributed by atoms with E-state index in [1.54, 1.807) is 0 Å². The van der Waals surface area contributed by atoms with E-state index in [-0.39, 0.29) is 0 Å². The zero-order chi connectivity index (χ0) is 7.68. The molecule has 0 unspecified atom stereocenters. The molecular weight excluding hydrogens is 140 g/mol. The van der Waals surface area contributed by atoms with Crippen LogP contribution in [0.2, 0.25) is 0 Å². The Kier molecular flexibility index (Phi) is 1.22. The van der Waals surface area contributed by atoms with Gasteiger partial charge in [-0.05, 0) is 12.1 Å². The number of rotatable bonds is 1. The molecular formula is C8H7N2O+. The number of fused-ring (bicyclic) bond motifs is 1. The number of para-hydroxylation sites is 1. The topological polar surface area (TPSA) is 51.6 Å². The molecule has 0 saturated heterocycles. The molecule has 0 aliphatic heterocycles. The highest BCUT2D eigenvalue weighted by atomic mass is 16.5. The van der Waals surface area contributed by atoms with Crippen LogP contribution >= 0.6 is 0 Å². The van der Waals surface area contributed by atoms with Gasteiger partial charge in [0.05, 0.1) is 5.39 Å². The number of hydrogen-bond donors (Lipinski definition) is 1. The predicted molar refractivity (Wildman–Crippen MR) is 41.1 cm³/mol. The molecule has 0 aliphatic rings. The van der Waals surface area contributed by atoms with Gasteiger partial charge in [0.25, 0.3) is 0 Å². The fraction of sp³-hybridized carbons (Fsp3) is 0. The van der Waals surface area contributed by atoms with Crippen molar-refractivity contribution in [1.82, 2.24) is 5.16 Å². The summed E-state index contributed by atoms with van der Waals surface area (Å²) in [4.78, 5) is 0. The summed E-state index contributed by atoms with van der Waals surface area (Å²) >= 11 is 0. The van der Waals surface area contributed by atoms with E-state index in [9.17, 15) is 0 Å². The van der Waals surface area contributed by atoms with Crippen molar-refractivity contribution in [2.45, 2.75) is 0 Å². The van der Waals surface area contributed by atoms with Crippen LogP contribution in [-0.2, 0) is 0 Å². The molecule has 0 aliphatic carbocycles. The van der Waals surface area contributed by atoms with Gasteiger partial charge in [-0.15, -0.1) is 0 Å². The number of nitrogens with two attached hydrogens (primary N) is 1. The lowest BCUT2D eigenvalue weighted by Crippen LogP contribution is -2.30. The first-order chi connectivity index (χ1) is 5.42. The van der Waals surface area contributed by atoms with Crippen molar-refractivity contribution in [3.05, 3.63) is 30.0 Å². The van der Waals surface area contributed by atoms with E-state index in [4.69, 9.17) is 9.93 Å². The number of hydrogen-bond acceptors (Lipinski definition) is 2. The third kappa shape index (κ3) is 0.816. The smallest absolute Gasteiger partial charge is 0.190 e. The second-order valence-corrected chi connectivity index (χ2v) is 2.23. The van der Waals surface area contributed by atoms with E-state index in [0.29, 0.717) is 5.69 Å². The summed E-state index contributed by atoms with van der Waals surface area (Å²) in [6, 6.07) is 7.60. The van der Waals surface area contributed by atoms with Crippen LogP contribution in [0.15, 0.2) is 28.8 Å². The Morgan fingerprint density at radius 1 is 1.36 bits per heavy atom. The van der Waals surface area contributed by atoms with E-state index >= 15 is 0 Å². The fourth-order valence-corrected chi connectivity index (χ4v) is 1.03. The second kappa shape index (κ2) is 2.20. The summed E-state index contributed by atoms with van der Waals surface area (Å²) in [7, 11) is 0. The molecule has 3 heteroatoms. The molecule has 0 atom stereocenters. The molecule has 1 aromatic heterocycles. The molecule has 0 bridgehead atoms. The molecule has 1 aromatic carbocycles. The molecule has 0 saturated carbocycles. The highest BCUT2D eigenvalue weighted by Crippen LogP contribution is 2.14. The summed E-state index contributed by atoms with van der Waals surface area (Å²) in [5, 5.41) is 10.0. The van der Waals surface area contributed by atoms with Crippen molar-refractivity contribution in [2.24, 2.45) is 0 Å². The van der Waals surface area contributed by atoms with Crippen molar-refractivity contribution >= 4 is 17.2 Å². The minimum absolute atomic E-state index is 0.695. The maximum absolute atomic E-state index is 5.31. The number of nitrogens with zero attached hydrogens (tertiary/aromatic N) is 1. The van der Waals surface area contributed by atoms with Crippen LogP contribution in [0.5, 0.6) is 0 Å². The van der Waals surface area contributed by atoms with Crippen LogP contribution in [0.4, 0.5) is 0 Å².